The molecule has 0 aliphatic carbocycles. The van der Waals surface area contributed by atoms with Crippen LogP contribution in [0.15, 0.2) is 35.7 Å². The number of hydrogen-bond donors (Lipinski definition) is 2. The van der Waals surface area contributed by atoms with Gasteiger partial charge in [-0.15, -0.1) is 11.3 Å². The lowest BCUT2D eigenvalue weighted by Crippen LogP contribution is -2.88. The van der Waals surface area contributed by atoms with Crippen LogP contribution in [0.3, 0.4) is 0 Å². The number of likely N-dealkylation sites (N-methyl/N-ethyl adjacent to an activating group) is 1. The van der Waals surface area contributed by atoms with Crippen LogP contribution in [0.25, 0.3) is 10.6 Å². The quantitative estimate of drug-likeness (QED) is 0.845. The van der Waals surface area contributed by atoms with Crippen LogP contribution >= 0.6 is 11.3 Å². The molecule has 0 amide bonds. The maximum Gasteiger partial charge on any atom is 0.362 e. The van der Waals surface area contributed by atoms with Crippen molar-refractivity contribution >= 4 is 17.3 Å². The zero-order chi connectivity index (χ0) is 13.0. The van der Waals surface area contributed by atoms with Gasteiger partial charge >= 0.3 is 5.97 Å². The zero-order valence-corrected chi connectivity index (χ0v) is 10.9. The van der Waals surface area contributed by atoms with E-state index in [9.17, 15) is 4.79 Å². The summed E-state index contributed by atoms with van der Waals surface area (Å²) in [5.74, 6) is -0.799. The molecule has 0 aliphatic heterocycles. The monoisotopic (exact) mass is 263 g/mol. The molecule has 4 nitrogen and oxygen atoms in total. The van der Waals surface area contributed by atoms with Gasteiger partial charge in [0.1, 0.15) is 5.01 Å². The Morgan fingerprint density at radius 2 is 2.17 bits per heavy atom. The van der Waals surface area contributed by atoms with E-state index in [4.69, 9.17) is 5.11 Å². The number of benzene rings is 1. The summed E-state index contributed by atoms with van der Waals surface area (Å²) < 4.78 is 0. The third-order valence-electron chi connectivity index (χ3n) is 2.72. The standard InChI is InChI=1S/C13H14N2O2S/c1-14-11(13(16)17)7-10-8-18-12(15-10)9-5-3-2-4-6-9/h2-6,8,11,14H,7H2,1H3,(H,16,17)/p+1/t11-/m0/s1. The molecule has 0 radical (unpaired) electrons. The van der Waals surface area contributed by atoms with E-state index >= 15 is 0 Å². The van der Waals surface area contributed by atoms with Crippen molar-refractivity contribution in [3.63, 3.8) is 0 Å². The molecule has 0 saturated heterocycles. The summed E-state index contributed by atoms with van der Waals surface area (Å²) in [6, 6.07) is 9.44. The van der Waals surface area contributed by atoms with Crippen molar-refractivity contribution in [3.05, 3.63) is 41.4 Å². The molecule has 94 valence electrons. The van der Waals surface area contributed by atoms with Crippen molar-refractivity contribution in [3.8, 4) is 10.6 Å². The lowest BCUT2D eigenvalue weighted by atomic mass is 10.2. The van der Waals surface area contributed by atoms with E-state index in [-0.39, 0.29) is 0 Å². The maximum absolute atomic E-state index is 11.0. The third-order valence-corrected chi connectivity index (χ3v) is 3.66. The smallest absolute Gasteiger partial charge is 0.362 e. The maximum atomic E-state index is 11.0. The van der Waals surface area contributed by atoms with Crippen molar-refractivity contribution in [2.75, 3.05) is 7.05 Å². The largest absolute Gasteiger partial charge is 0.477 e. The van der Waals surface area contributed by atoms with E-state index in [0.29, 0.717) is 6.42 Å². The Balaban J connectivity index is 2.14. The highest BCUT2D eigenvalue weighted by molar-refractivity contribution is 7.13. The molecule has 2 rings (SSSR count). The molecular formula is C13H15N2O2S+. The Hall–Kier alpha value is -1.72. The molecule has 0 fully saturated rings. The normalized spacial score (nSPS) is 12.3. The second-order valence-electron chi connectivity index (χ2n) is 3.99. The van der Waals surface area contributed by atoms with Crippen LogP contribution < -0.4 is 5.32 Å². The van der Waals surface area contributed by atoms with E-state index in [1.54, 1.807) is 23.7 Å². The molecule has 0 unspecified atom stereocenters. The highest BCUT2D eigenvalue weighted by Gasteiger charge is 2.20. The minimum atomic E-state index is -0.799. The van der Waals surface area contributed by atoms with Gasteiger partial charge < -0.3 is 10.4 Å². The van der Waals surface area contributed by atoms with E-state index < -0.39 is 12.0 Å². The highest BCUT2D eigenvalue weighted by atomic mass is 32.1. The second kappa shape index (κ2) is 5.75. The van der Waals surface area contributed by atoms with Crippen molar-refractivity contribution in [1.82, 2.24) is 4.98 Å². The summed E-state index contributed by atoms with van der Waals surface area (Å²) >= 11 is 1.55. The van der Waals surface area contributed by atoms with Crippen LogP contribution in [0.4, 0.5) is 0 Å². The SMILES string of the molecule is C[NH2+][C@@H](Cc1csc(-c2ccccc2)n1)C(=O)O. The van der Waals surface area contributed by atoms with Crippen LogP contribution in [-0.2, 0) is 11.2 Å². The van der Waals surface area contributed by atoms with Gasteiger partial charge in [-0.25, -0.2) is 9.78 Å². The number of carboxylic acids is 1. The molecule has 0 spiro atoms. The molecule has 2 aromatic rings. The fourth-order valence-corrected chi connectivity index (χ4v) is 2.53. The first-order valence-corrected chi connectivity index (χ1v) is 6.60. The summed E-state index contributed by atoms with van der Waals surface area (Å²) in [6.07, 6.45) is 0.454. The minimum Gasteiger partial charge on any atom is -0.477 e. The molecule has 1 atom stereocenters. The van der Waals surface area contributed by atoms with Gasteiger partial charge in [0, 0.05) is 10.9 Å². The number of carboxylic acid groups (broad SMARTS) is 1. The van der Waals surface area contributed by atoms with Crippen molar-refractivity contribution in [1.29, 1.82) is 0 Å². The molecule has 1 heterocycles. The summed E-state index contributed by atoms with van der Waals surface area (Å²) in [5, 5.41) is 13.6. The van der Waals surface area contributed by atoms with Gasteiger partial charge in [-0.05, 0) is 0 Å². The van der Waals surface area contributed by atoms with Crippen LogP contribution in [-0.4, -0.2) is 29.1 Å². The van der Waals surface area contributed by atoms with Crippen LogP contribution in [0.1, 0.15) is 5.69 Å². The van der Waals surface area contributed by atoms with Crippen LogP contribution in [0.2, 0.25) is 0 Å². The average Bonchev–Trinajstić information content (AvgIpc) is 2.85. The molecule has 5 heteroatoms. The molecule has 18 heavy (non-hydrogen) atoms. The number of rotatable bonds is 5. The summed E-state index contributed by atoms with van der Waals surface area (Å²) in [5.41, 5.74) is 1.91. The minimum absolute atomic E-state index is 0.454. The van der Waals surface area contributed by atoms with Crippen LogP contribution in [0, 0.1) is 0 Å². The fraction of sp³-hybridized carbons (Fsp3) is 0.231. The molecule has 0 aliphatic rings. The van der Waals surface area contributed by atoms with E-state index in [1.807, 2.05) is 35.7 Å². The molecule has 3 N–H and O–H groups in total. The number of nitrogens with two attached hydrogens (primary N) is 1. The number of aliphatic carboxylic acids is 1. The third kappa shape index (κ3) is 2.94. The van der Waals surface area contributed by atoms with Crippen molar-refractivity contribution in [2.45, 2.75) is 12.5 Å². The first-order chi connectivity index (χ1) is 8.70. The van der Waals surface area contributed by atoms with E-state index in [1.165, 1.54) is 0 Å². The predicted octanol–water partition coefficient (Wildman–Crippen LogP) is 0.999. The first kappa shape index (κ1) is 12.7. The Morgan fingerprint density at radius 1 is 1.44 bits per heavy atom. The van der Waals surface area contributed by atoms with Crippen molar-refractivity contribution < 1.29 is 15.2 Å². The average molecular weight is 263 g/mol. The van der Waals surface area contributed by atoms with Crippen molar-refractivity contribution in [2.24, 2.45) is 0 Å². The van der Waals surface area contributed by atoms with Gasteiger partial charge in [-0.2, -0.15) is 0 Å². The lowest BCUT2D eigenvalue weighted by molar-refractivity contribution is -0.651. The summed E-state index contributed by atoms with van der Waals surface area (Å²) in [4.78, 5) is 15.4. The topological polar surface area (TPSA) is 66.8 Å². The van der Waals surface area contributed by atoms with E-state index in [0.717, 1.165) is 16.3 Å². The van der Waals surface area contributed by atoms with Crippen LogP contribution in [0.5, 0.6) is 0 Å². The summed E-state index contributed by atoms with van der Waals surface area (Å²) in [6.45, 7) is 0. The molecule has 0 saturated carbocycles. The predicted molar refractivity (Wildman–Crippen MR) is 70.5 cm³/mol. The number of aromatic nitrogens is 1. The number of quaternary nitrogens is 1. The number of hydrogen-bond acceptors (Lipinski definition) is 3. The fourth-order valence-electron chi connectivity index (χ4n) is 1.69. The van der Waals surface area contributed by atoms with Gasteiger partial charge in [-0.3, -0.25) is 0 Å². The second-order valence-corrected chi connectivity index (χ2v) is 4.85. The zero-order valence-electron chi connectivity index (χ0n) is 10.0. The van der Waals surface area contributed by atoms with Gasteiger partial charge in [-0.1, -0.05) is 30.3 Å². The number of carbonyl (C=O) groups is 1. The van der Waals surface area contributed by atoms with Gasteiger partial charge in [0.15, 0.2) is 6.04 Å². The van der Waals surface area contributed by atoms with E-state index in [2.05, 4.69) is 4.98 Å². The highest BCUT2D eigenvalue weighted by Crippen LogP contribution is 2.23. The molecule has 1 aromatic carbocycles. The van der Waals surface area contributed by atoms with Gasteiger partial charge in [0.05, 0.1) is 19.2 Å². The number of nitrogens with zero attached hydrogens (tertiary/aromatic N) is 1. The lowest BCUT2D eigenvalue weighted by Gasteiger charge is -2.05. The Labute approximate surface area is 109 Å². The molecule has 0 bridgehead atoms. The Morgan fingerprint density at radius 3 is 2.78 bits per heavy atom. The molecular weight excluding hydrogens is 248 g/mol. The van der Waals surface area contributed by atoms with Gasteiger partial charge in [0.25, 0.3) is 0 Å². The first-order valence-electron chi connectivity index (χ1n) is 5.73. The number of thiazole rings is 1. The summed E-state index contributed by atoms with van der Waals surface area (Å²) in [7, 11) is 1.77. The Bertz CT molecular complexity index is 525. The molecule has 1 aromatic heterocycles. The van der Waals surface area contributed by atoms with Gasteiger partial charge in [0.2, 0.25) is 0 Å². The Kier molecular flexibility index (Phi) is 4.07.